The fourth-order valence-electron chi connectivity index (χ4n) is 2.70. The summed E-state index contributed by atoms with van der Waals surface area (Å²) in [5.74, 6) is 0.281. The van der Waals surface area contributed by atoms with Crippen LogP contribution in [-0.2, 0) is 16.2 Å². The second-order valence-electron chi connectivity index (χ2n) is 6.02. The van der Waals surface area contributed by atoms with Crippen LogP contribution >= 0.6 is 0 Å². The second kappa shape index (κ2) is 5.94. The van der Waals surface area contributed by atoms with Crippen molar-refractivity contribution in [3.8, 4) is 0 Å². The number of sulfonamides is 1. The van der Waals surface area contributed by atoms with Crippen LogP contribution < -0.4 is 9.62 Å². The summed E-state index contributed by atoms with van der Waals surface area (Å²) in [6, 6.07) is 1.83. The molecular formula is C14H18F3N3O2S. The molecule has 128 valence electrons. The van der Waals surface area contributed by atoms with E-state index >= 15 is 0 Å². The van der Waals surface area contributed by atoms with Crippen molar-refractivity contribution in [1.29, 1.82) is 0 Å². The van der Waals surface area contributed by atoms with Gasteiger partial charge in [0, 0.05) is 25.3 Å². The summed E-state index contributed by atoms with van der Waals surface area (Å²) in [4.78, 5) is 5.76. The molecule has 1 saturated carbocycles. The lowest BCUT2D eigenvalue weighted by Crippen LogP contribution is -2.45. The van der Waals surface area contributed by atoms with E-state index in [0.717, 1.165) is 18.3 Å². The number of nitrogens with one attached hydrogen (secondary N) is 1. The summed E-state index contributed by atoms with van der Waals surface area (Å²) in [6.07, 6.45) is -0.700. The standard InChI is InChI=1S/C14H18F3N3O2S/c15-14(16,17)10-3-6-18-13(9-10)20-7-4-11(5-8-20)19-23(21,22)12-1-2-12/h3,6,9,11-12,19H,1-2,4-5,7-8H2. The SMILES string of the molecule is O=S(=O)(NC1CCN(c2cc(C(F)(F)F)ccn2)CC1)C1CC1. The number of piperidine rings is 1. The van der Waals surface area contributed by atoms with Crippen LogP contribution in [0.25, 0.3) is 0 Å². The molecule has 1 aromatic heterocycles. The molecule has 0 spiro atoms. The molecule has 0 radical (unpaired) electrons. The van der Waals surface area contributed by atoms with Gasteiger partial charge in [0.05, 0.1) is 10.8 Å². The molecule has 3 rings (SSSR count). The van der Waals surface area contributed by atoms with Crippen LogP contribution in [0.1, 0.15) is 31.2 Å². The van der Waals surface area contributed by atoms with Crippen molar-refractivity contribution in [1.82, 2.24) is 9.71 Å². The van der Waals surface area contributed by atoms with Gasteiger partial charge in [-0.3, -0.25) is 0 Å². The van der Waals surface area contributed by atoms with Gasteiger partial charge in [0.25, 0.3) is 0 Å². The maximum absolute atomic E-state index is 12.7. The Kier molecular flexibility index (Phi) is 4.26. The number of hydrogen-bond donors (Lipinski definition) is 1. The Labute approximate surface area is 132 Å². The Morgan fingerprint density at radius 2 is 1.83 bits per heavy atom. The summed E-state index contributed by atoms with van der Waals surface area (Å²) in [5, 5.41) is -0.259. The van der Waals surface area contributed by atoms with E-state index in [4.69, 9.17) is 0 Å². The average molecular weight is 349 g/mol. The van der Waals surface area contributed by atoms with Crippen LogP contribution in [0.15, 0.2) is 18.3 Å². The van der Waals surface area contributed by atoms with E-state index in [1.807, 2.05) is 0 Å². The highest BCUT2D eigenvalue weighted by Crippen LogP contribution is 2.32. The van der Waals surface area contributed by atoms with E-state index in [1.165, 1.54) is 0 Å². The average Bonchev–Trinajstić information content (AvgIpc) is 3.32. The Bertz CT molecular complexity index is 666. The molecule has 1 aliphatic heterocycles. The molecule has 0 aromatic carbocycles. The number of halogens is 3. The number of aromatic nitrogens is 1. The summed E-state index contributed by atoms with van der Waals surface area (Å²) >= 11 is 0. The van der Waals surface area contributed by atoms with Crippen LogP contribution in [0.5, 0.6) is 0 Å². The molecule has 1 aromatic rings. The molecule has 23 heavy (non-hydrogen) atoms. The van der Waals surface area contributed by atoms with Gasteiger partial charge in [-0.05, 0) is 37.8 Å². The van der Waals surface area contributed by atoms with Crippen LogP contribution in [0.2, 0.25) is 0 Å². The number of pyridine rings is 1. The zero-order chi connectivity index (χ0) is 16.7. The lowest BCUT2D eigenvalue weighted by molar-refractivity contribution is -0.137. The number of anilines is 1. The highest BCUT2D eigenvalue weighted by Gasteiger charge is 2.37. The smallest absolute Gasteiger partial charge is 0.356 e. The summed E-state index contributed by atoms with van der Waals surface area (Å²) in [5.41, 5.74) is -0.723. The van der Waals surface area contributed by atoms with Crippen molar-refractivity contribution < 1.29 is 21.6 Å². The topological polar surface area (TPSA) is 62.3 Å². The fourth-order valence-corrected chi connectivity index (χ4v) is 4.35. The third kappa shape index (κ3) is 3.95. The van der Waals surface area contributed by atoms with E-state index in [0.29, 0.717) is 38.8 Å². The molecule has 2 heterocycles. The van der Waals surface area contributed by atoms with E-state index in [9.17, 15) is 21.6 Å². The fraction of sp³-hybridized carbons (Fsp3) is 0.643. The molecule has 1 aliphatic carbocycles. The monoisotopic (exact) mass is 349 g/mol. The molecule has 1 saturated heterocycles. The molecule has 2 fully saturated rings. The quantitative estimate of drug-likeness (QED) is 0.905. The van der Waals surface area contributed by atoms with Crippen molar-refractivity contribution in [2.75, 3.05) is 18.0 Å². The zero-order valence-electron chi connectivity index (χ0n) is 12.4. The van der Waals surface area contributed by atoms with Crippen molar-refractivity contribution in [3.63, 3.8) is 0 Å². The third-order valence-electron chi connectivity index (χ3n) is 4.19. The first-order valence-electron chi connectivity index (χ1n) is 7.55. The number of hydrogen-bond acceptors (Lipinski definition) is 4. The van der Waals surface area contributed by atoms with Gasteiger partial charge in [0.2, 0.25) is 10.0 Å². The van der Waals surface area contributed by atoms with Gasteiger partial charge < -0.3 is 4.90 Å². The Balaban J connectivity index is 1.61. The van der Waals surface area contributed by atoms with E-state index in [-0.39, 0.29) is 17.1 Å². The Morgan fingerprint density at radius 1 is 1.17 bits per heavy atom. The van der Waals surface area contributed by atoms with Crippen LogP contribution in [0.4, 0.5) is 19.0 Å². The molecule has 1 N–H and O–H groups in total. The molecule has 5 nitrogen and oxygen atoms in total. The lowest BCUT2D eigenvalue weighted by Gasteiger charge is -2.33. The van der Waals surface area contributed by atoms with Crippen molar-refractivity contribution in [3.05, 3.63) is 23.9 Å². The summed E-state index contributed by atoms with van der Waals surface area (Å²) in [7, 11) is -3.23. The molecule has 0 bridgehead atoms. The Hall–Kier alpha value is -1.35. The molecule has 0 unspecified atom stereocenters. The molecule has 0 amide bonds. The molecule has 2 aliphatic rings. The number of rotatable bonds is 4. The maximum Gasteiger partial charge on any atom is 0.416 e. The van der Waals surface area contributed by atoms with Crippen molar-refractivity contribution >= 4 is 15.8 Å². The normalized spacial score (nSPS) is 20.7. The number of nitrogens with zero attached hydrogens (tertiary/aromatic N) is 2. The largest absolute Gasteiger partial charge is 0.416 e. The minimum absolute atomic E-state index is 0.150. The minimum Gasteiger partial charge on any atom is -0.356 e. The van der Waals surface area contributed by atoms with Crippen molar-refractivity contribution in [2.24, 2.45) is 0 Å². The highest BCUT2D eigenvalue weighted by atomic mass is 32.2. The third-order valence-corrected chi connectivity index (χ3v) is 6.20. The maximum atomic E-state index is 12.7. The van der Waals surface area contributed by atoms with E-state index in [1.54, 1.807) is 4.90 Å². The van der Waals surface area contributed by atoms with Gasteiger partial charge >= 0.3 is 6.18 Å². The molecular weight excluding hydrogens is 331 g/mol. The van der Waals surface area contributed by atoms with Crippen LogP contribution in [-0.4, -0.2) is 37.8 Å². The lowest BCUT2D eigenvalue weighted by atomic mass is 10.1. The first-order chi connectivity index (χ1) is 10.8. The van der Waals surface area contributed by atoms with Gasteiger partial charge in [-0.2, -0.15) is 13.2 Å². The highest BCUT2D eigenvalue weighted by molar-refractivity contribution is 7.90. The second-order valence-corrected chi connectivity index (χ2v) is 8.02. The van der Waals surface area contributed by atoms with Gasteiger partial charge in [-0.15, -0.1) is 0 Å². The van der Waals surface area contributed by atoms with Gasteiger partial charge in [0.15, 0.2) is 0 Å². The first kappa shape index (κ1) is 16.5. The first-order valence-corrected chi connectivity index (χ1v) is 9.10. The Morgan fingerprint density at radius 3 is 2.39 bits per heavy atom. The molecule has 9 heteroatoms. The van der Waals surface area contributed by atoms with Crippen molar-refractivity contribution in [2.45, 2.75) is 43.2 Å². The van der Waals surface area contributed by atoms with Gasteiger partial charge in [-0.1, -0.05) is 0 Å². The predicted octanol–water partition coefficient (Wildman–Crippen LogP) is 2.15. The van der Waals surface area contributed by atoms with E-state index < -0.39 is 21.8 Å². The van der Waals surface area contributed by atoms with E-state index in [2.05, 4.69) is 9.71 Å². The van der Waals surface area contributed by atoms with Gasteiger partial charge in [-0.25, -0.2) is 18.1 Å². The minimum atomic E-state index is -4.39. The van der Waals surface area contributed by atoms with Crippen LogP contribution in [0, 0.1) is 0 Å². The van der Waals surface area contributed by atoms with Gasteiger partial charge in [0.1, 0.15) is 5.82 Å². The summed E-state index contributed by atoms with van der Waals surface area (Å²) in [6.45, 7) is 0.957. The predicted molar refractivity (Wildman–Crippen MR) is 79.6 cm³/mol. The number of alkyl halides is 3. The molecule has 0 atom stereocenters. The van der Waals surface area contributed by atoms with Crippen LogP contribution in [0.3, 0.4) is 0 Å². The summed E-state index contributed by atoms with van der Waals surface area (Å²) < 4.78 is 64.7. The zero-order valence-corrected chi connectivity index (χ0v) is 13.2.